The predicted octanol–water partition coefficient (Wildman–Crippen LogP) is 4.61. The Bertz CT molecular complexity index is 1290. The highest BCUT2D eigenvalue weighted by molar-refractivity contribution is 7.18. The zero-order valence-corrected chi connectivity index (χ0v) is 22.5. The number of nitrogens with one attached hydrogen (secondary N) is 2. The van der Waals surface area contributed by atoms with Crippen LogP contribution in [0, 0.1) is 18.6 Å². The lowest BCUT2D eigenvalue weighted by Crippen LogP contribution is -2.50. The normalized spacial score (nSPS) is 11.5. The molecule has 3 aromatic rings. The van der Waals surface area contributed by atoms with Gasteiger partial charge in [0.1, 0.15) is 11.6 Å². The van der Waals surface area contributed by atoms with E-state index >= 15 is 0 Å². The zero-order valence-electron chi connectivity index (χ0n) is 21.7. The number of ether oxygens (including phenoxy) is 2. The number of aromatic nitrogens is 2. The van der Waals surface area contributed by atoms with Crippen molar-refractivity contribution < 1.29 is 32.6 Å². The van der Waals surface area contributed by atoms with Crippen LogP contribution in [0.15, 0.2) is 42.5 Å². The number of carbonyl (C=O) groups excluding carboxylic acids is 3. The van der Waals surface area contributed by atoms with Gasteiger partial charge in [-0.1, -0.05) is 53.3 Å². The lowest BCUT2D eigenvalue weighted by molar-refractivity contribution is -0.140. The fourth-order valence-corrected chi connectivity index (χ4v) is 4.34. The Hall–Kier alpha value is -3.97. The van der Waals surface area contributed by atoms with E-state index in [1.165, 1.54) is 31.2 Å². The number of hydrogen-bond donors (Lipinski definition) is 2. The number of hydrazine groups is 1. The fraction of sp³-hybridized carbons (Fsp3) is 0.346. The standard InChI is InChI=1S/C26H29F2N5O5S/c1-16-10-12-18(13-11-16)24-31-32-25(39-24)30-26(36)38-15-20(7-5-9-22(35)37-3)33(17(2)34)29-14-19-6-4-8-21(27)23(19)28/h4,6,8,10-13,20,29H,5,7,9,14-15H2,1-3H3,(H,30,32,36)/t20-/m0/s1. The molecule has 39 heavy (non-hydrogen) atoms. The fourth-order valence-electron chi connectivity index (χ4n) is 3.61. The minimum Gasteiger partial charge on any atom is -0.469 e. The van der Waals surface area contributed by atoms with Gasteiger partial charge >= 0.3 is 12.1 Å². The van der Waals surface area contributed by atoms with Crippen LogP contribution in [0.1, 0.15) is 37.3 Å². The average Bonchev–Trinajstić information content (AvgIpc) is 3.37. The Morgan fingerprint density at radius 1 is 1.10 bits per heavy atom. The van der Waals surface area contributed by atoms with E-state index in [-0.39, 0.29) is 36.7 Å². The first-order valence-electron chi connectivity index (χ1n) is 12.0. The van der Waals surface area contributed by atoms with E-state index in [2.05, 4.69) is 25.7 Å². The Labute approximate surface area is 228 Å². The summed E-state index contributed by atoms with van der Waals surface area (Å²) in [5.41, 5.74) is 4.74. The van der Waals surface area contributed by atoms with Crippen LogP contribution in [-0.4, -0.2) is 52.9 Å². The number of halogens is 2. The van der Waals surface area contributed by atoms with Crippen LogP contribution in [0.4, 0.5) is 18.7 Å². The molecular weight excluding hydrogens is 532 g/mol. The Morgan fingerprint density at radius 2 is 1.85 bits per heavy atom. The Kier molecular flexibility index (Phi) is 10.8. The number of rotatable bonds is 12. The molecule has 0 saturated heterocycles. The first-order valence-corrected chi connectivity index (χ1v) is 12.9. The zero-order chi connectivity index (χ0) is 28.4. The Balaban J connectivity index is 1.65. The molecule has 0 radical (unpaired) electrons. The Morgan fingerprint density at radius 3 is 2.54 bits per heavy atom. The van der Waals surface area contributed by atoms with Gasteiger partial charge in [0.05, 0.1) is 13.2 Å². The lowest BCUT2D eigenvalue weighted by atomic mass is 10.1. The molecule has 208 valence electrons. The van der Waals surface area contributed by atoms with E-state index < -0.39 is 35.6 Å². The van der Waals surface area contributed by atoms with Gasteiger partial charge in [0, 0.05) is 31.0 Å². The van der Waals surface area contributed by atoms with Crippen LogP contribution >= 0.6 is 11.3 Å². The van der Waals surface area contributed by atoms with Crippen molar-refractivity contribution in [1.29, 1.82) is 0 Å². The number of esters is 1. The molecule has 1 heterocycles. The molecule has 2 amide bonds. The van der Waals surface area contributed by atoms with E-state index in [0.717, 1.165) is 28.5 Å². The highest BCUT2D eigenvalue weighted by Crippen LogP contribution is 2.26. The molecule has 0 unspecified atom stereocenters. The average molecular weight is 562 g/mol. The molecule has 10 nitrogen and oxygen atoms in total. The molecule has 0 spiro atoms. The van der Waals surface area contributed by atoms with Crippen LogP contribution in [0.3, 0.4) is 0 Å². The van der Waals surface area contributed by atoms with E-state index in [1.54, 1.807) is 0 Å². The second-order valence-electron chi connectivity index (χ2n) is 8.56. The van der Waals surface area contributed by atoms with Crippen LogP contribution in [0.25, 0.3) is 10.6 Å². The van der Waals surface area contributed by atoms with Crippen molar-refractivity contribution in [3.05, 3.63) is 65.2 Å². The van der Waals surface area contributed by atoms with Gasteiger partial charge in [-0.25, -0.2) is 19.0 Å². The van der Waals surface area contributed by atoms with E-state index in [1.807, 2.05) is 31.2 Å². The highest BCUT2D eigenvalue weighted by Gasteiger charge is 2.24. The minimum atomic E-state index is -1.03. The molecule has 2 aromatic carbocycles. The van der Waals surface area contributed by atoms with Crippen molar-refractivity contribution in [2.45, 2.75) is 45.7 Å². The van der Waals surface area contributed by atoms with E-state index in [9.17, 15) is 23.2 Å². The molecule has 0 fully saturated rings. The van der Waals surface area contributed by atoms with Gasteiger partial charge in [0.25, 0.3) is 0 Å². The summed E-state index contributed by atoms with van der Waals surface area (Å²) >= 11 is 1.16. The summed E-state index contributed by atoms with van der Waals surface area (Å²) < 4.78 is 37.7. The molecule has 0 aliphatic heterocycles. The largest absolute Gasteiger partial charge is 0.469 e. The van der Waals surface area contributed by atoms with Gasteiger partial charge in [-0.2, -0.15) is 0 Å². The van der Waals surface area contributed by atoms with Gasteiger partial charge in [-0.15, -0.1) is 10.2 Å². The predicted molar refractivity (Wildman–Crippen MR) is 140 cm³/mol. The number of benzene rings is 2. The minimum absolute atomic E-state index is 0.00822. The van der Waals surface area contributed by atoms with Crippen LogP contribution in [0.2, 0.25) is 0 Å². The number of nitrogens with zero attached hydrogens (tertiary/aromatic N) is 3. The van der Waals surface area contributed by atoms with Crippen molar-refractivity contribution in [3.8, 4) is 10.6 Å². The summed E-state index contributed by atoms with van der Waals surface area (Å²) in [4.78, 5) is 36.5. The number of aryl methyl sites for hydroxylation is 1. The van der Waals surface area contributed by atoms with Gasteiger partial charge in [0.2, 0.25) is 11.0 Å². The third-order valence-electron chi connectivity index (χ3n) is 5.66. The topological polar surface area (TPSA) is 123 Å². The molecular formula is C26H29F2N5O5S. The third-order valence-corrected chi connectivity index (χ3v) is 6.55. The number of carbonyl (C=O) groups is 3. The first kappa shape index (κ1) is 29.6. The maximum Gasteiger partial charge on any atom is 0.413 e. The number of methoxy groups -OCH3 is 1. The number of anilines is 1. The molecule has 13 heteroatoms. The summed E-state index contributed by atoms with van der Waals surface area (Å²) in [6, 6.07) is 10.7. The number of hydrogen-bond acceptors (Lipinski definition) is 9. The summed E-state index contributed by atoms with van der Waals surface area (Å²) in [5.74, 6) is -2.93. The first-order chi connectivity index (χ1) is 18.7. The van der Waals surface area contributed by atoms with Gasteiger partial charge < -0.3 is 9.47 Å². The highest BCUT2D eigenvalue weighted by atomic mass is 32.1. The maximum atomic E-state index is 14.1. The van der Waals surface area contributed by atoms with Gasteiger partial charge in [-0.05, 0) is 25.8 Å². The molecule has 3 rings (SSSR count). The second kappa shape index (κ2) is 14.3. The lowest BCUT2D eigenvalue weighted by Gasteiger charge is -2.31. The monoisotopic (exact) mass is 561 g/mol. The van der Waals surface area contributed by atoms with Crippen LogP contribution < -0.4 is 10.7 Å². The van der Waals surface area contributed by atoms with Gasteiger partial charge in [0.15, 0.2) is 11.6 Å². The van der Waals surface area contributed by atoms with Crippen molar-refractivity contribution in [3.63, 3.8) is 0 Å². The van der Waals surface area contributed by atoms with Crippen molar-refractivity contribution in [2.24, 2.45) is 0 Å². The third kappa shape index (κ3) is 8.79. The van der Waals surface area contributed by atoms with Gasteiger partial charge in [-0.3, -0.25) is 19.9 Å². The smallest absolute Gasteiger partial charge is 0.413 e. The van der Waals surface area contributed by atoms with Crippen molar-refractivity contribution >= 4 is 34.4 Å². The maximum absolute atomic E-state index is 14.1. The van der Waals surface area contributed by atoms with Crippen molar-refractivity contribution in [2.75, 3.05) is 19.0 Å². The van der Waals surface area contributed by atoms with Crippen LogP contribution in [0.5, 0.6) is 0 Å². The quantitative estimate of drug-likeness (QED) is 0.243. The molecule has 0 aliphatic carbocycles. The molecule has 1 atom stereocenters. The molecule has 0 saturated carbocycles. The van der Waals surface area contributed by atoms with Crippen LogP contribution in [-0.2, 0) is 25.6 Å². The molecule has 0 aliphatic rings. The number of amides is 2. The second-order valence-corrected chi connectivity index (χ2v) is 9.54. The van der Waals surface area contributed by atoms with Crippen molar-refractivity contribution in [1.82, 2.24) is 20.6 Å². The molecule has 0 bridgehead atoms. The van der Waals surface area contributed by atoms with E-state index in [4.69, 9.17) is 4.74 Å². The summed E-state index contributed by atoms with van der Waals surface area (Å²) in [5, 5.41) is 12.6. The summed E-state index contributed by atoms with van der Waals surface area (Å²) in [7, 11) is 1.27. The van der Waals surface area contributed by atoms with E-state index in [0.29, 0.717) is 11.4 Å². The molecule has 1 aromatic heterocycles. The molecule has 2 N–H and O–H groups in total. The summed E-state index contributed by atoms with van der Waals surface area (Å²) in [6.07, 6.45) is -0.176. The SMILES string of the molecule is COC(=O)CCC[C@@H](COC(=O)Nc1nnc(-c2ccc(C)cc2)s1)N(NCc1cccc(F)c1F)C(C)=O. The summed E-state index contributed by atoms with van der Waals surface area (Å²) in [6.45, 7) is 2.79.